The molecule has 0 aromatic carbocycles. The quantitative estimate of drug-likeness (QED) is 0.762. The summed E-state index contributed by atoms with van der Waals surface area (Å²) in [7, 11) is 0. The van der Waals surface area contributed by atoms with Crippen LogP contribution >= 0.6 is 0 Å². The minimum atomic E-state index is -0.302. The van der Waals surface area contributed by atoms with Crippen molar-refractivity contribution >= 4 is 5.91 Å². The Morgan fingerprint density at radius 1 is 1.44 bits per heavy atom. The van der Waals surface area contributed by atoms with Crippen molar-refractivity contribution in [3.63, 3.8) is 0 Å². The summed E-state index contributed by atoms with van der Waals surface area (Å²) in [4.78, 5) is 14.7. The molecule has 3 rings (SSSR count). The van der Waals surface area contributed by atoms with Gasteiger partial charge in [-0.05, 0) is 44.6 Å². The van der Waals surface area contributed by atoms with Crippen LogP contribution in [0.2, 0.25) is 0 Å². The molecular weight excluding hydrogens is 228 g/mol. The SMILES string of the molecule is CCC1(C(=O)N2CC3CCC(O)C3C2)CCCN1. The molecule has 0 spiro atoms. The van der Waals surface area contributed by atoms with E-state index in [2.05, 4.69) is 12.2 Å². The maximum atomic E-state index is 12.7. The summed E-state index contributed by atoms with van der Waals surface area (Å²) in [5.74, 6) is 1.16. The van der Waals surface area contributed by atoms with Crippen molar-refractivity contribution in [2.45, 2.75) is 50.7 Å². The third kappa shape index (κ3) is 1.77. The number of carbonyl (C=O) groups excluding carboxylic acids is 1. The highest BCUT2D eigenvalue weighted by atomic mass is 16.3. The number of hydrogen-bond acceptors (Lipinski definition) is 3. The molecule has 4 unspecified atom stereocenters. The molecule has 4 nitrogen and oxygen atoms in total. The van der Waals surface area contributed by atoms with Crippen LogP contribution in [-0.4, -0.2) is 47.2 Å². The van der Waals surface area contributed by atoms with Gasteiger partial charge in [-0.1, -0.05) is 6.92 Å². The molecule has 1 saturated carbocycles. The van der Waals surface area contributed by atoms with Crippen molar-refractivity contribution in [1.29, 1.82) is 0 Å². The molecule has 2 aliphatic heterocycles. The molecule has 0 bridgehead atoms. The zero-order valence-electron chi connectivity index (χ0n) is 11.2. The van der Waals surface area contributed by atoms with Gasteiger partial charge in [-0.15, -0.1) is 0 Å². The summed E-state index contributed by atoms with van der Waals surface area (Å²) in [5.41, 5.74) is -0.302. The smallest absolute Gasteiger partial charge is 0.242 e. The molecule has 0 aromatic heterocycles. The Labute approximate surface area is 109 Å². The molecule has 2 heterocycles. The van der Waals surface area contributed by atoms with Crippen LogP contribution in [0.4, 0.5) is 0 Å². The van der Waals surface area contributed by atoms with E-state index in [1.165, 1.54) is 0 Å². The first-order valence-corrected chi connectivity index (χ1v) is 7.39. The van der Waals surface area contributed by atoms with Gasteiger partial charge < -0.3 is 15.3 Å². The summed E-state index contributed by atoms with van der Waals surface area (Å²) in [6, 6.07) is 0. The minimum absolute atomic E-state index is 0.179. The van der Waals surface area contributed by atoms with E-state index in [-0.39, 0.29) is 17.6 Å². The van der Waals surface area contributed by atoms with Crippen LogP contribution in [0.15, 0.2) is 0 Å². The first-order chi connectivity index (χ1) is 8.66. The highest BCUT2D eigenvalue weighted by molar-refractivity contribution is 5.87. The van der Waals surface area contributed by atoms with E-state index >= 15 is 0 Å². The Morgan fingerprint density at radius 3 is 2.89 bits per heavy atom. The van der Waals surface area contributed by atoms with E-state index in [9.17, 15) is 9.90 Å². The lowest BCUT2D eigenvalue weighted by Crippen LogP contribution is -2.54. The molecular formula is C14H24N2O2. The van der Waals surface area contributed by atoms with Crippen molar-refractivity contribution in [3.8, 4) is 0 Å². The summed E-state index contributed by atoms with van der Waals surface area (Å²) in [6.45, 7) is 4.70. The number of nitrogens with one attached hydrogen (secondary N) is 1. The molecule has 3 fully saturated rings. The van der Waals surface area contributed by atoms with Crippen LogP contribution in [0.1, 0.15) is 39.0 Å². The molecule has 1 amide bonds. The summed E-state index contributed by atoms with van der Waals surface area (Å²) >= 11 is 0. The average Bonchev–Trinajstić information content (AvgIpc) is 3.06. The Bertz CT molecular complexity index is 339. The molecule has 0 aromatic rings. The van der Waals surface area contributed by atoms with Gasteiger partial charge in [-0.2, -0.15) is 0 Å². The summed E-state index contributed by atoms with van der Waals surface area (Å²) in [6.07, 6.45) is 4.78. The average molecular weight is 252 g/mol. The number of hydrogen-bond donors (Lipinski definition) is 2. The number of aliphatic hydroxyl groups excluding tert-OH is 1. The number of amides is 1. The molecule has 1 aliphatic carbocycles. The fourth-order valence-corrected chi connectivity index (χ4v) is 4.15. The van der Waals surface area contributed by atoms with Crippen LogP contribution in [0, 0.1) is 11.8 Å². The normalized spacial score (nSPS) is 43.4. The second-order valence-corrected chi connectivity index (χ2v) is 6.24. The molecule has 18 heavy (non-hydrogen) atoms. The molecule has 0 radical (unpaired) electrons. The first-order valence-electron chi connectivity index (χ1n) is 7.39. The number of likely N-dealkylation sites (tertiary alicyclic amines) is 1. The Kier molecular flexibility index (Phi) is 3.10. The van der Waals surface area contributed by atoms with E-state index in [1.54, 1.807) is 0 Å². The highest BCUT2D eigenvalue weighted by Crippen LogP contribution is 2.39. The third-order valence-corrected chi connectivity index (χ3v) is 5.36. The number of carbonyl (C=O) groups is 1. The Balaban J connectivity index is 1.71. The van der Waals surface area contributed by atoms with Gasteiger partial charge in [0.05, 0.1) is 11.6 Å². The van der Waals surface area contributed by atoms with Gasteiger partial charge in [0.2, 0.25) is 5.91 Å². The van der Waals surface area contributed by atoms with Crippen LogP contribution in [0.5, 0.6) is 0 Å². The Hall–Kier alpha value is -0.610. The number of fused-ring (bicyclic) bond motifs is 1. The third-order valence-electron chi connectivity index (χ3n) is 5.36. The van der Waals surface area contributed by atoms with E-state index in [0.717, 1.165) is 51.7 Å². The molecule has 2 N–H and O–H groups in total. The second kappa shape index (κ2) is 4.49. The maximum absolute atomic E-state index is 12.7. The van der Waals surface area contributed by atoms with Crippen LogP contribution in [-0.2, 0) is 4.79 Å². The zero-order chi connectivity index (χ0) is 12.8. The van der Waals surface area contributed by atoms with Gasteiger partial charge in [0.15, 0.2) is 0 Å². The van der Waals surface area contributed by atoms with E-state index < -0.39 is 0 Å². The molecule has 102 valence electrons. The summed E-state index contributed by atoms with van der Waals surface area (Å²) in [5, 5.41) is 13.4. The minimum Gasteiger partial charge on any atom is -0.393 e. The number of rotatable bonds is 2. The van der Waals surface area contributed by atoms with Crippen molar-refractivity contribution in [3.05, 3.63) is 0 Å². The monoisotopic (exact) mass is 252 g/mol. The number of nitrogens with zero attached hydrogens (tertiary/aromatic N) is 1. The molecule has 4 atom stereocenters. The largest absolute Gasteiger partial charge is 0.393 e. The lowest BCUT2D eigenvalue weighted by molar-refractivity contribution is -0.137. The van der Waals surface area contributed by atoms with Crippen molar-refractivity contribution in [1.82, 2.24) is 10.2 Å². The van der Waals surface area contributed by atoms with E-state index in [0.29, 0.717) is 11.8 Å². The zero-order valence-corrected chi connectivity index (χ0v) is 11.2. The van der Waals surface area contributed by atoms with Gasteiger partial charge >= 0.3 is 0 Å². The molecule has 3 aliphatic rings. The summed E-state index contributed by atoms with van der Waals surface area (Å²) < 4.78 is 0. The van der Waals surface area contributed by atoms with Gasteiger partial charge in [-0.25, -0.2) is 0 Å². The first kappa shape index (κ1) is 12.4. The topological polar surface area (TPSA) is 52.6 Å². The predicted octanol–water partition coefficient (Wildman–Crippen LogP) is 0.748. The lowest BCUT2D eigenvalue weighted by atomic mass is 9.92. The lowest BCUT2D eigenvalue weighted by Gasteiger charge is -2.32. The fraction of sp³-hybridized carbons (Fsp3) is 0.929. The van der Waals surface area contributed by atoms with Gasteiger partial charge in [-0.3, -0.25) is 4.79 Å². The van der Waals surface area contributed by atoms with Crippen LogP contribution in [0.3, 0.4) is 0 Å². The molecule has 2 saturated heterocycles. The predicted molar refractivity (Wildman–Crippen MR) is 69.1 cm³/mol. The van der Waals surface area contributed by atoms with Gasteiger partial charge in [0, 0.05) is 19.0 Å². The second-order valence-electron chi connectivity index (χ2n) is 6.24. The van der Waals surface area contributed by atoms with Gasteiger partial charge in [0.25, 0.3) is 0 Å². The van der Waals surface area contributed by atoms with E-state index in [4.69, 9.17) is 0 Å². The van der Waals surface area contributed by atoms with Crippen molar-refractivity contribution in [2.75, 3.05) is 19.6 Å². The van der Waals surface area contributed by atoms with Crippen molar-refractivity contribution < 1.29 is 9.90 Å². The van der Waals surface area contributed by atoms with Crippen LogP contribution < -0.4 is 5.32 Å². The van der Waals surface area contributed by atoms with Crippen LogP contribution in [0.25, 0.3) is 0 Å². The number of aliphatic hydroxyl groups is 1. The maximum Gasteiger partial charge on any atom is 0.242 e. The highest BCUT2D eigenvalue weighted by Gasteiger charge is 2.48. The van der Waals surface area contributed by atoms with Gasteiger partial charge in [0.1, 0.15) is 0 Å². The van der Waals surface area contributed by atoms with E-state index in [1.807, 2.05) is 4.90 Å². The fourth-order valence-electron chi connectivity index (χ4n) is 4.15. The van der Waals surface area contributed by atoms with Crippen molar-refractivity contribution in [2.24, 2.45) is 11.8 Å². The Morgan fingerprint density at radius 2 is 2.28 bits per heavy atom. The standard InChI is InChI=1S/C14H24N2O2/c1-2-14(6-3-7-15-14)13(18)16-8-10-4-5-12(17)11(10)9-16/h10-12,15,17H,2-9H2,1H3. The molecule has 4 heteroatoms.